The van der Waals surface area contributed by atoms with Crippen molar-refractivity contribution in [1.29, 1.82) is 0 Å². The highest BCUT2D eigenvalue weighted by molar-refractivity contribution is 7.92. The van der Waals surface area contributed by atoms with E-state index in [1.54, 1.807) is 13.0 Å². The van der Waals surface area contributed by atoms with Crippen LogP contribution >= 0.6 is 23.2 Å². The Morgan fingerprint density at radius 2 is 1.49 bits per heavy atom. The first-order valence-electron chi connectivity index (χ1n) is 11.7. The zero-order chi connectivity index (χ0) is 27.0. The number of rotatable bonds is 11. The van der Waals surface area contributed by atoms with Gasteiger partial charge in [-0.2, -0.15) is 0 Å². The van der Waals surface area contributed by atoms with Crippen molar-refractivity contribution in [2.45, 2.75) is 25.9 Å². The van der Waals surface area contributed by atoms with E-state index in [1.807, 2.05) is 60.7 Å². The van der Waals surface area contributed by atoms with Gasteiger partial charge in [0, 0.05) is 19.5 Å². The second kappa shape index (κ2) is 12.9. The molecule has 0 unspecified atom stereocenters. The van der Waals surface area contributed by atoms with E-state index in [1.165, 1.54) is 17.0 Å². The first-order valence-corrected chi connectivity index (χ1v) is 14.3. The number of hydrogen-bond acceptors (Lipinski definition) is 4. The van der Waals surface area contributed by atoms with Gasteiger partial charge in [0.25, 0.3) is 0 Å². The fourth-order valence-electron chi connectivity index (χ4n) is 3.91. The lowest BCUT2D eigenvalue weighted by Gasteiger charge is -2.33. The second-order valence-corrected chi connectivity index (χ2v) is 11.1. The lowest BCUT2D eigenvalue weighted by atomic mass is 10.0. The molecule has 0 aromatic heterocycles. The first-order chi connectivity index (χ1) is 17.6. The van der Waals surface area contributed by atoms with Crippen LogP contribution in [0.2, 0.25) is 10.0 Å². The molecule has 2 amide bonds. The highest BCUT2D eigenvalue weighted by Gasteiger charge is 2.33. The fraction of sp³-hybridized carbons (Fsp3) is 0.259. The molecule has 1 N–H and O–H groups in total. The van der Waals surface area contributed by atoms with Crippen molar-refractivity contribution in [3.63, 3.8) is 0 Å². The summed E-state index contributed by atoms with van der Waals surface area (Å²) in [6.07, 6.45) is 1.24. The molecule has 196 valence electrons. The first kappa shape index (κ1) is 28.5. The molecule has 3 aromatic carbocycles. The van der Waals surface area contributed by atoms with E-state index < -0.39 is 28.5 Å². The maximum absolute atomic E-state index is 13.9. The van der Waals surface area contributed by atoms with Crippen LogP contribution < -0.4 is 9.62 Å². The summed E-state index contributed by atoms with van der Waals surface area (Å²) in [5, 5.41) is 2.99. The number of sulfonamides is 1. The maximum Gasteiger partial charge on any atom is 0.244 e. The van der Waals surface area contributed by atoms with Crippen LogP contribution in [-0.4, -0.2) is 50.5 Å². The summed E-state index contributed by atoms with van der Waals surface area (Å²) in [4.78, 5) is 28.6. The molecule has 7 nitrogen and oxygen atoms in total. The molecule has 3 aromatic rings. The van der Waals surface area contributed by atoms with E-state index in [4.69, 9.17) is 23.2 Å². The molecule has 37 heavy (non-hydrogen) atoms. The van der Waals surface area contributed by atoms with Gasteiger partial charge in [-0.3, -0.25) is 13.9 Å². The van der Waals surface area contributed by atoms with Gasteiger partial charge in [-0.25, -0.2) is 8.42 Å². The monoisotopic (exact) mass is 561 g/mol. The van der Waals surface area contributed by atoms with Crippen LogP contribution in [0.3, 0.4) is 0 Å². The van der Waals surface area contributed by atoms with E-state index in [-0.39, 0.29) is 34.6 Å². The number of anilines is 1. The topological polar surface area (TPSA) is 86.8 Å². The van der Waals surface area contributed by atoms with E-state index in [0.29, 0.717) is 6.54 Å². The Balaban J connectivity index is 2.05. The van der Waals surface area contributed by atoms with Gasteiger partial charge in [-0.1, -0.05) is 89.9 Å². The highest BCUT2D eigenvalue weighted by atomic mass is 35.5. The van der Waals surface area contributed by atoms with Gasteiger partial charge in [-0.15, -0.1) is 0 Å². The zero-order valence-electron chi connectivity index (χ0n) is 20.6. The molecule has 0 spiro atoms. The lowest BCUT2D eigenvalue weighted by Crippen LogP contribution is -2.53. The van der Waals surface area contributed by atoms with Crippen LogP contribution in [0.15, 0.2) is 78.9 Å². The van der Waals surface area contributed by atoms with Crippen LogP contribution in [0.1, 0.15) is 18.1 Å². The number of carbonyl (C=O) groups excluding carboxylic acids is 2. The molecule has 3 rings (SSSR count). The van der Waals surface area contributed by atoms with Crippen LogP contribution in [-0.2, 0) is 32.6 Å². The van der Waals surface area contributed by atoms with Gasteiger partial charge in [0.2, 0.25) is 21.8 Å². The smallest absolute Gasteiger partial charge is 0.244 e. The maximum atomic E-state index is 13.9. The van der Waals surface area contributed by atoms with Gasteiger partial charge in [0.15, 0.2) is 0 Å². The Morgan fingerprint density at radius 3 is 2.05 bits per heavy atom. The summed E-state index contributed by atoms with van der Waals surface area (Å²) in [5.74, 6) is -0.889. The van der Waals surface area contributed by atoms with E-state index in [0.717, 1.165) is 21.7 Å². The van der Waals surface area contributed by atoms with E-state index >= 15 is 0 Å². The Labute approximate surface area is 228 Å². The molecule has 0 fully saturated rings. The minimum Gasteiger partial charge on any atom is -0.355 e. The molecule has 1 atom stereocenters. The van der Waals surface area contributed by atoms with Gasteiger partial charge in [0.1, 0.15) is 12.6 Å². The fourth-order valence-corrected chi connectivity index (χ4v) is 5.21. The predicted octanol–water partition coefficient (Wildman–Crippen LogP) is 4.54. The van der Waals surface area contributed by atoms with Crippen molar-refractivity contribution < 1.29 is 18.0 Å². The molecule has 0 saturated heterocycles. The molecule has 0 aliphatic carbocycles. The summed E-state index contributed by atoms with van der Waals surface area (Å²) >= 11 is 12.5. The zero-order valence-corrected chi connectivity index (χ0v) is 22.9. The average molecular weight is 563 g/mol. The number of nitrogens with one attached hydrogen (secondary N) is 1. The number of nitrogens with zero attached hydrogens (tertiary/aromatic N) is 2. The molecule has 0 aliphatic heterocycles. The third kappa shape index (κ3) is 7.71. The largest absolute Gasteiger partial charge is 0.355 e. The van der Waals surface area contributed by atoms with Gasteiger partial charge >= 0.3 is 0 Å². The number of hydrogen-bond donors (Lipinski definition) is 1. The van der Waals surface area contributed by atoms with E-state index in [9.17, 15) is 18.0 Å². The summed E-state index contributed by atoms with van der Waals surface area (Å²) in [7, 11) is -3.93. The Kier molecular flexibility index (Phi) is 9.97. The molecule has 0 bridgehead atoms. The average Bonchev–Trinajstić information content (AvgIpc) is 2.87. The molecule has 0 radical (unpaired) electrons. The predicted molar refractivity (Wildman–Crippen MR) is 148 cm³/mol. The van der Waals surface area contributed by atoms with Crippen LogP contribution in [0.5, 0.6) is 0 Å². The van der Waals surface area contributed by atoms with Crippen LogP contribution in [0.4, 0.5) is 5.69 Å². The molecular formula is C27H29Cl2N3O4S. The Hall–Kier alpha value is -3.07. The van der Waals surface area contributed by atoms with Crippen molar-refractivity contribution in [3.05, 3.63) is 100 Å². The number of carbonyl (C=O) groups is 2. The van der Waals surface area contributed by atoms with Crippen molar-refractivity contribution in [2.24, 2.45) is 0 Å². The van der Waals surface area contributed by atoms with Crippen LogP contribution in [0.25, 0.3) is 0 Å². The number of benzene rings is 3. The summed E-state index contributed by atoms with van der Waals surface area (Å²) < 4.78 is 26.5. The molecule has 0 heterocycles. The lowest BCUT2D eigenvalue weighted by molar-refractivity contribution is -0.140. The number of halogens is 2. The van der Waals surface area contributed by atoms with Gasteiger partial charge in [-0.05, 0) is 30.2 Å². The summed E-state index contributed by atoms with van der Waals surface area (Å²) in [6.45, 7) is 1.73. The quantitative estimate of drug-likeness (QED) is 0.372. The van der Waals surface area contributed by atoms with E-state index in [2.05, 4.69) is 5.32 Å². The minimum atomic E-state index is -3.93. The highest BCUT2D eigenvalue weighted by Crippen LogP contribution is 2.33. The number of likely N-dealkylation sites (N-methyl/N-ethyl adjacent to an activating group) is 1. The minimum absolute atomic E-state index is 0.0153. The molecule has 0 aliphatic rings. The standard InChI is InChI=1S/C27H29Cl2N3O4S/c1-3-30-27(34)24(17-20-11-6-4-7-12-20)31(18-21-13-8-5-9-14-21)25(33)19-32(37(2,35)36)23-16-10-15-22(28)26(23)29/h4-16,24H,3,17-19H2,1-2H3,(H,30,34)/t24-/m1/s1. The Morgan fingerprint density at radius 1 is 0.892 bits per heavy atom. The third-order valence-electron chi connectivity index (χ3n) is 5.70. The van der Waals surface area contributed by atoms with Crippen molar-refractivity contribution in [1.82, 2.24) is 10.2 Å². The normalized spacial score (nSPS) is 12.0. The van der Waals surface area contributed by atoms with Gasteiger partial charge in [0.05, 0.1) is 22.0 Å². The van der Waals surface area contributed by atoms with Crippen molar-refractivity contribution in [3.8, 4) is 0 Å². The molecule has 10 heteroatoms. The number of amides is 2. The SMILES string of the molecule is CCNC(=O)[C@@H](Cc1ccccc1)N(Cc1ccccc1)C(=O)CN(c1cccc(Cl)c1Cl)S(C)(=O)=O. The molecule has 0 saturated carbocycles. The van der Waals surface area contributed by atoms with Crippen molar-refractivity contribution in [2.75, 3.05) is 23.7 Å². The van der Waals surface area contributed by atoms with Gasteiger partial charge < -0.3 is 10.2 Å². The molecular weight excluding hydrogens is 533 g/mol. The summed E-state index contributed by atoms with van der Waals surface area (Å²) in [5.41, 5.74) is 1.75. The summed E-state index contributed by atoms with van der Waals surface area (Å²) in [6, 6.07) is 22.3. The van der Waals surface area contributed by atoms with Crippen molar-refractivity contribution >= 4 is 50.7 Å². The third-order valence-corrected chi connectivity index (χ3v) is 7.63. The van der Waals surface area contributed by atoms with Crippen LogP contribution in [0, 0.1) is 0 Å². The Bertz CT molecular complexity index is 1320. The second-order valence-electron chi connectivity index (χ2n) is 8.45.